The summed E-state index contributed by atoms with van der Waals surface area (Å²) in [6.07, 6.45) is 1.56. The Kier molecular flexibility index (Phi) is 2.20. The molecule has 1 atom stereocenters. The van der Waals surface area contributed by atoms with E-state index in [1.165, 1.54) is 0 Å². The van der Waals surface area contributed by atoms with E-state index in [1.807, 2.05) is 30.3 Å². The van der Waals surface area contributed by atoms with Crippen molar-refractivity contribution in [3.8, 4) is 28.7 Å². The minimum absolute atomic E-state index is 0.174. The van der Waals surface area contributed by atoms with Crippen molar-refractivity contribution in [3.05, 3.63) is 47.7 Å². The summed E-state index contributed by atoms with van der Waals surface area (Å²) in [7, 11) is 1.63. The van der Waals surface area contributed by atoms with Crippen LogP contribution < -0.4 is 23.7 Å². The maximum absolute atomic E-state index is 6.11. The average Bonchev–Trinajstić information content (AvgIpc) is 3.15. The first-order chi connectivity index (χ1) is 10.8. The number of ether oxygens (including phenoxy) is 5. The first kappa shape index (κ1) is 11.8. The van der Waals surface area contributed by atoms with Crippen LogP contribution in [0.5, 0.6) is 28.7 Å². The number of hydrogen-bond donors (Lipinski definition) is 0. The van der Waals surface area contributed by atoms with E-state index in [9.17, 15) is 0 Å². The smallest absolute Gasteiger partial charge is 0.231 e. The highest BCUT2D eigenvalue weighted by atomic mass is 16.7. The summed E-state index contributed by atoms with van der Waals surface area (Å²) in [6.45, 7) is 0.250. The van der Waals surface area contributed by atoms with Crippen molar-refractivity contribution in [3.63, 3.8) is 0 Å². The van der Waals surface area contributed by atoms with Crippen LogP contribution in [0.3, 0.4) is 0 Å². The molecule has 3 aliphatic heterocycles. The lowest BCUT2D eigenvalue weighted by atomic mass is 9.96. The van der Waals surface area contributed by atoms with Crippen LogP contribution in [0.15, 0.2) is 36.6 Å². The second-order valence-electron chi connectivity index (χ2n) is 5.29. The highest BCUT2D eigenvalue weighted by Crippen LogP contribution is 2.53. The van der Waals surface area contributed by atoms with Gasteiger partial charge in [0.25, 0.3) is 0 Å². The molecule has 22 heavy (non-hydrogen) atoms. The molecule has 0 N–H and O–H groups in total. The predicted octanol–water partition coefficient (Wildman–Crippen LogP) is 3.29. The van der Waals surface area contributed by atoms with E-state index in [-0.39, 0.29) is 12.9 Å². The summed E-state index contributed by atoms with van der Waals surface area (Å²) in [5.74, 6) is 3.75. The van der Waals surface area contributed by atoms with Gasteiger partial charge in [-0.05, 0) is 18.2 Å². The van der Waals surface area contributed by atoms with E-state index < -0.39 is 0 Å². The van der Waals surface area contributed by atoms with Crippen molar-refractivity contribution in [2.24, 2.45) is 0 Å². The first-order valence-corrected chi connectivity index (χ1v) is 6.99. The molecule has 0 unspecified atom stereocenters. The Morgan fingerprint density at radius 3 is 2.73 bits per heavy atom. The van der Waals surface area contributed by atoms with Crippen LogP contribution in [-0.2, 0) is 0 Å². The minimum atomic E-state index is -0.174. The second kappa shape index (κ2) is 4.10. The lowest BCUT2D eigenvalue weighted by molar-refractivity contribution is 0.173. The molecule has 0 aliphatic carbocycles. The molecule has 0 fully saturated rings. The zero-order chi connectivity index (χ0) is 14.7. The summed E-state index contributed by atoms with van der Waals surface area (Å²) in [5, 5.41) is 0. The quantitative estimate of drug-likeness (QED) is 0.808. The van der Waals surface area contributed by atoms with Gasteiger partial charge in [0.2, 0.25) is 6.79 Å². The van der Waals surface area contributed by atoms with E-state index in [4.69, 9.17) is 23.7 Å². The van der Waals surface area contributed by atoms with Crippen LogP contribution in [0.1, 0.15) is 17.2 Å². The molecule has 0 bridgehead atoms. The van der Waals surface area contributed by atoms with Crippen LogP contribution in [0.2, 0.25) is 0 Å². The van der Waals surface area contributed by atoms with Crippen molar-refractivity contribution in [2.45, 2.75) is 6.10 Å². The normalized spacial score (nSPS) is 19.3. The highest BCUT2D eigenvalue weighted by molar-refractivity contribution is 5.82. The van der Waals surface area contributed by atoms with Gasteiger partial charge in [-0.2, -0.15) is 0 Å². The predicted molar refractivity (Wildman–Crippen MR) is 77.5 cm³/mol. The number of rotatable bonds is 1. The van der Waals surface area contributed by atoms with Crippen molar-refractivity contribution in [2.75, 3.05) is 13.9 Å². The molecule has 5 rings (SSSR count). The lowest BCUT2D eigenvalue weighted by Crippen LogP contribution is -2.09. The Labute approximate surface area is 126 Å². The number of benzene rings is 2. The topological polar surface area (TPSA) is 46.2 Å². The maximum Gasteiger partial charge on any atom is 0.231 e. The molecule has 3 aliphatic rings. The van der Waals surface area contributed by atoms with E-state index >= 15 is 0 Å². The number of methoxy groups -OCH3 is 1. The molecule has 3 heterocycles. The van der Waals surface area contributed by atoms with Crippen LogP contribution in [0.4, 0.5) is 0 Å². The molecule has 0 saturated heterocycles. The third-order valence-corrected chi connectivity index (χ3v) is 4.13. The standard InChI is InChI=1S/C17H12O5/c1-18-9-2-3-10-13(4-9)19-7-12-11-5-15-16(21-8-20-15)6-14(11)22-17(10)12/h2-7,17H,8H2,1H3/t17-/m1/s1. The summed E-state index contributed by atoms with van der Waals surface area (Å²) in [6, 6.07) is 9.56. The largest absolute Gasteiger partial charge is 0.497 e. The van der Waals surface area contributed by atoms with Gasteiger partial charge in [0.1, 0.15) is 17.2 Å². The fourth-order valence-electron chi connectivity index (χ4n) is 3.02. The van der Waals surface area contributed by atoms with Crippen LogP contribution in [-0.4, -0.2) is 13.9 Å². The van der Waals surface area contributed by atoms with Gasteiger partial charge in [0.15, 0.2) is 17.6 Å². The Morgan fingerprint density at radius 1 is 1.00 bits per heavy atom. The molecular weight excluding hydrogens is 284 g/mol. The fourth-order valence-corrected chi connectivity index (χ4v) is 3.02. The minimum Gasteiger partial charge on any atom is -0.497 e. The summed E-state index contributed by atoms with van der Waals surface area (Å²) < 4.78 is 28.0. The van der Waals surface area contributed by atoms with Gasteiger partial charge in [-0.25, -0.2) is 0 Å². The van der Waals surface area contributed by atoms with Crippen LogP contribution in [0, 0.1) is 0 Å². The average molecular weight is 296 g/mol. The molecule has 5 heteroatoms. The fraction of sp³-hybridized carbons (Fsp3) is 0.176. The molecule has 2 aromatic carbocycles. The molecular formula is C17H12O5. The van der Waals surface area contributed by atoms with Crippen molar-refractivity contribution < 1.29 is 23.7 Å². The van der Waals surface area contributed by atoms with Crippen LogP contribution in [0.25, 0.3) is 5.57 Å². The molecule has 0 amide bonds. The summed E-state index contributed by atoms with van der Waals surface area (Å²) >= 11 is 0. The molecule has 0 aromatic heterocycles. The second-order valence-corrected chi connectivity index (χ2v) is 5.29. The van der Waals surface area contributed by atoms with Crippen LogP contribution >= 0.6 is 0 Å². The molecule has 110 valence electrons. The molecule has 0 spiro atoms. The van der Waals surface area contributed by atoms with Gasteiger partial charge in [-0.1, -0.05) is 0 Å². The lowest BCUT2D eigenvalue weighted by Gasteiger charge is -2.21. The Hall–Kier alpha value is -2.82. The Morgan fingerprint density at radius 2 is 1.86 bits per heavy atom. The zero-order valence-electron chi connectivity index (χ0n) is 11.8. The Balaban J connectivity index is 1.61. The Bertz CT molecular complexity index is 824. The highest BCUT2D eigenvalue weighted by Gasteiger charge is 2.37. The summed E-state index contributed by atoms with van der Waals surface area (Å²) in [4.78, 5) is 0. The zero-order valence-corrected chi connectivity index (χ0v) is 11.8. The van der Waals surface area contributed by atoms with Gasteiger partial charge in [-0.15, -0.1) is 0 Å². The first-order valence-electron chi connectivity index (χ1n) is 6.99. The van der Waals surface area contributed by atoms with E-state index in [0.29, 0.717) is 5.75 Å². The van der Waals surface area contributed by atoms with Gasteiger partial charge >= 0.3 is 0 Å². The number of fused-ring (bicyclic) bond motifs is 6. The molecule has 5 nitrogen and oxygen atoms in total. The van der Waals surface area contributed by atoms with Crippen molar-refractivity contribution >= 4 is 5.57 Å². The maximum atomic E-state index is 6.11. The van der Waals surface area contributed by atoms with Gasteiger partial charge in [-0.3, -0.25) is 0 Å². The summed E-state index contributed by atoms with van der Waals surface area (Å²) in [5.41, 5.74) is 2.96. The third kappa shape index (κ3) is 1.48. The van der Waals surface area contributed by atoms with Gasteiger partial charge in [0.05, 0.1) is 13.4 Å². The molecule has 2 aromatic rings. The van der Waals surface area contributed by atoms with E-state index in [2.05, 4.69) is 0 Å². The third-order valence-electron chi connectivity index (χ3n) is 4.13. The van der Waals surface area contributed by atoms with E-state index in [0.717, 1.165) is 39.7 Å². The molecule has 0 saturated carbocycles. The van der Waals surface area contributed by atoms with E-state index in [1.54, 1.807) is 13.4 Å². The SMILES string of the molecule is COc1ccc2c(c1)OC=C1c3cc4c(cc3O[C@@H]12)OCO4. The number of hydrogen-bond acceptors (Lipinski definition) is 5. The van der Waals surface area contributed by atoms with Gasteiger partial charge in [0, 0.05) is 28.8 Å². The van der Waals surface area contributed by atoms with Gasteiger partial charge < -0.3 is 23.7 Å². The van der Waals surface area contributed by atoms with Crippen molar-refractivity contribution in [1.29, 1.82) is 0 Å². The molecule has 0 radical (unpaired) electrons. The monoisotopic (exact) mass is 296 g/mol. The van der Waals surface area contributed by atoms with Crippen molar-refractivity contribution in [1.82, 2.24) is 0 Å².